The molecule has 1 amide bonds. The predicted octanol–water partition coefficient (Wildman–Crippen LogP) is 3.66. The average Bonchev–Trinajstić information content (AvgIpc) is 2.94. The number of fused-ring (bicyclic) bond motifs is 1. The van der Waals surface area contributed by atoms with E-state index in [2.05, 4.69) is 25.7 Å². The molecular formula is C20H25ClN6O. The number of halogens is 1. The number of aromatic nitrogens is 4. The maximum atomic E-state index is 11.8. The van der Waals surface area contributed by atoms with E-state index in [0.29, 0.717) is 47.7 Å². The van der Waals surface area contributed by atoms with Crippen LogP contribution >= 0.6 is 11.6 Å². The first-order chi connectivity index (χ1) is 13.4. The van der Waals surface area contributed by atoms with Crippen molar-refractivity contribution < 1.29 is 4.79 Å². The Bertz CT molecular complexity index is 998. The van der Waals surface area contributed by atoms with E-state index in [-0.39, 0.29) is 5.91 Å². The predicted molar refractivity (Wildman–Crippen MR) is 112 cm³/mol. The monoisotopic (exact) mass is 400 g/mol. The number of hydrogen-bond acceptors (Lipinski definition) is 5. The number of benzene rings is 1. The molecule has 0 unspecified atom stereocenters. The van der Waals surface area contributed by atoms with E-state index in [4.69, 9.17) is 11.6 Å². The van der Waals surface area contributed by atoms with Crippen LogP contribution < -0.4 is 10.6 Å². The number of amides is 1. The molecule has 28 heavy (non-hydrogen) atoms. The molecule has 0 atom stereocenters. The molecule has 3 aromatic rings. The number of nitrogens with one attached hydrogen (secondary N) is 2. The minimum absolute atomic E-state index is 0.0588. The number of carbonyl (C=O) groups is 1. The molecule has 0 aliphatic heterocycles. The highest BCUT2D eigenvalue weighted by atomic mass is 35.5. The van der Waals surface area contributed by atoms with Crippen molar-refractivity contribution in [3.63, 3.8) is 0 Å². The third-order valence-electron chi connectivity index (χ3n) is 4.23. The van der Waals surface area contributed by atoms with Gasteiger partial charge in [0.15, 0.2) is 5.65 Å². The highest BCUT2D eigenvalue weighted by Gasteiger charge is 2.17. The zero-order valence-corrected chi connectivity index (χ0v) is 17.3. The summed E-state index contributed by atoms with van der Waals surface area (Å²) in [4.78, 5) is 20.9. The molecule has 7 nitrogen and oxygen atoms in total. The van der Waals surface area contributed by atoms with Crippen LogP contribution in [0.4, 0.5) is 5.82 Å². The summed E-state index contributed by atoms with van der Waals surface area (Å²) in [5.74, 6) is 1.74. The summed E-state index contributed by atoms with van der Waals surface area (Å²) in [7, 11) is 0. The number of hydrogen-bond donors (Lipinski definition) is 2. The van der Waals surface area contributed by atoms with Crippen molar-refractivity contribution in [3.8, 4) is 5.69 Å². The second-order valence-electron chi connectivity index (χ2n) is 7.14. The van der Waals surface area contributed by atoms with Crippen LogP contribution in [0.3, 0.4) is 0 Å². The van der Waals surface area contributed by atoms with Crippen molar-refractivity contribution in [2.45, 2.75) is 34.1 Å². The van der Waals surface area contributed by atoms with E-state index >= 15 is 0 Å². The number of nitrogens with zero attached hydrogens (tertiary/aromatic N) is 4. The van der Waals surface area contributed by atoms with Crippen LogP contribution in [0.2, 0.25) is 5.02 Å². The molecule has 0 aliphatic carbocycles. The Morgan fingerprint density at radius 2 is 1.93 bits per heavy atom. The van der Waals surface area contributed by atoms with Gasteiger partial charge in [-0.2, -0.15) is 5.10 Å². The maximum Gasteiger partial charge on any atom is 0.220 e. The van der Waals surface area contributed by atoms with Gasteiger partial charge in [-0.3, -0.25) is 4.79 Å². The lowest BCUT2D eigenvalue weighted by Gasteiger charge is -2.10. The smallest absolute Gasteiger partial charge is 0.220 e. The minimum Gasteiger partial charge on any atom is -0.368 e. The first-order valence-electron chi connectivity index (χ1n) is 9.36. The van der Waals surface area contributed by atoms with E-state index in [1.165, 1.54) is 0 Å². The van der Waals surface area contributed by atoms with Gasteiger partial charge >= 0.3 is 0 Å². The molecule has 2 N–H and O–H groups in total. The van der Waals surface area contributed by atoms with Crippen LogP contribution in [0.15, 0.2) is 24.3 Å². The standard InChI is InChI=1S/C20H25ClN6O/c1-12(2)11-17(28)22-9-10-23-19-18-13(3)26-27(20(18)25-14(4)24-19)16-8-6-5-7-15(16)21/h5-8,12H,9-11H2,1-4H3,(H,22,28)(H,23,24,25). The van der Waals surface area contributed by atoms with Crippen molar-refractivity contribution >= 4 is 34.4 Å². The Kier molecular flexibility index (Phi) is 6.14. The van der Waals surface area contributed by atoms with Crippen molar-refractivity contribution in [2.75, 3.05) is 18.4 Å². The Balaban J connectivity index is 1.84. The maximum absolute atomic E-state index is 11.8. The fourth-order valence-corrected chi connectivity index (χ4v) is 3.25. The Morgan fingerprint density at radius 3 is 2.64 bits per heavy atom. The Morgan fingerprint density at radius 1 is 1.18 bits per heavy atom. The molecule has 0 radical (unpaired) electrons. The van der Waals surface area contributed by atoms with E-state index in [1.54, 1.807) is 4.68 Å². The summed E-state index contributed by atoms with van der Waals surface area (Å²) in [6.45, 7) is 8.90. The topological polar surface area (TPSA) is 84.7 Å². The number of rotatable bonds is 7. The van der Waals surface area contributed by atoms with E-state index in [0.717, 1.165) is 16.8 Å². The van der Waals surface area contributed by atoms with Crippen LogP contribution in [0.5, 0.6) is 0 Å². The average molecular weight is 401 g/mol. The zero-order valence-electron chi connectivity index (χ0n) is 16.6. The van der Waals surface area contributed by atoms with Gasteiger partial charge in [0.25, 0.3) is 0 Å². The fourth-order valence-electron chi connectivity index (χ4n) is 3.04. The van der Waals surface area contributed by atoms with Crippen LogP contribution in [-0.4, -0.2) is 38.7 Å². The number of anilines is 1. The summed E-state index contributed by atoms with van der Waals surface area (Å²) in [6.07, 6.45) is 0.528. The van der Waals surface area contributed by atoms with Crippen molar-refractivity contribution in [2.24, 2.45) is 5.92 Å². The molecule has 0 saturated heterocycles. The molecule has 3 rings (SSSR count). The lowest BCUT2D eigenvalue weighted by molar-refractivity contribution is -0.121. The lowest BCUT2D eigenvalue weighted by atomic mass is 10.1. The number of carbonyl (C=O) groups excluding carboxylic acids is 1. The summed E-state index contributed by atoms with van der Waals surface area (Å²) < 4.78 is 1.75. The van der Waals surface area contributed by atoms with Crippen LogP contribution in [0.1, 0.15) is 31.8 Å². The molecule has 1 aromatic carbocycles. The lowest BCUT2D eigenvalue weighted by Crippen LogP contribution is -2.29. The largest absolute Gasteiger partial charge is 0.368 e. The molecule has 2 aromatic heterocycles. The Hall–Kier alpha value is -2.67. The SMILES string of the molecule is Cc1nc(NCCNC(=O)CC(C)C)c2c(C)nn(-c3ccccc3Cl)c2n1. The molecule has 2 heterocycles. The first-order valence-corrected chi connectivity index (χ1v) is 9.74. The highest BCUT2D eigenvalue weighted by molar-refractivity contribution is 6.32. The molecular weight excluding hydrogens is 376 g/mol. The van der Waals surface area contributed by atoms with Gasteiger partial charge in [0.2, 0.25) is 5.91 Å². The second kappa shape index (κ2) is 8.56. The number of para-hydroxylation sites is 1. The summed E-state index contributed by atoms with van der Waals surface area (Å²) >= 11 is 6.36. The molecule has 148 valence electrons. The van der Waals surface area contributed by atoms with Crippen molar-refractivity contribution in [1.29, 1.82) is 0 Å². The van der Waals surface area contributed by atoms with Gasteiger partial charge in [-0.15, -0.1) is 0 Å². The van der Waals surface area contributed by atoms with Gasteiger partial charge in [-0.1, -0.05) is 37.6 Å². The molecule has 0 aliphatic rings. The Labute approximate surface area is 169 Å². The molecule has 0 fully saturated rings. The van der Waals surface area contributed by atoms with Gasteiger partial charge in [-0.25, -0.2) is 14.6 Å². The zero-order chi connectivity index (χ0) is 20.3. The van der Waals surface area contributed by atoms with Gasteiger partial charge < -0.3 is 10.6 Å². The summed E-state index contributed by atoms with van der Waals surface area (Å²) in [6, 6.07) is 7.53. The summed E-state index contributed by atoms with van der Waals surface area (Å²) in [5, 5.41) is 12.3. The van der Waals surface area contributed by atoms with E-state index in [9.17, 15) is 4.79 Å². The van der Waals surface area contributed by atoms with Gasteiger partial charge in [0, 0.05) is 19.5 Å². The normalized spacial score (nSPS) is 11.2. The molecule has 0 saturated carbocycles. The van der Waals surface area contributed by atoms with E-state index < -0.39 is 0 Å². The van der Waals surface area contributed by atoms with E-state index in [1.807, 2.05) is 52.0 Å². The fraction of sp³-hybridized carbons (Fsp3) is 0.400. The van der Waals surface area contributed by atoms with Crippen molar-refractivity contribution in [1.82, 2.24) is 25.1 Å². The minimum atomic E-state index is 0.0588. The quantitative estimate of drug-likeness (QED) is 0.591. The van der Waals surface area contributed by atoms with Gasteiger partial charge in [0.05, 0.1) is 21.8 Å². The van der Waals surface area contributed by atoms with Crippen LogP contribution in [-0.2, 0) is 4.79 Å². The van der Waals surface area contributed by atoms with Crippen LogP contribution in [0, 0.1) is 19.8 Å². The van der Waals surface area contributed by atoms with Crippen molar-refractivity contribution in [3.05, 3.63) is 40.8 Å². The molecule has 0 bridgehead atoms. The summed E-state index contributed by atoms with van der Waals surface area (Å²) in [5.41, 5.74) is 2.28. The first kappa shape index (κ1) is 20.1. The van der Waals surface area contributed by atoms with Gasteiger partial charge in [0.1, 0.15) is 11.6 Å². The third kappa shape index (κ3) is 4.42. The second-order valence-corrected chi connectivity index (χ2v) is 7.55. The van der Waals surface area contributed by atoms with Crippen LogP contribution in [0.25, 0.3) is 16.7 Å². The molecule has 0 spiro atoms. The third-order valence-corrected chi connectivity index (χ3v) is 4.55. The highest BCUT2D eigenvalue weighted by Crippen LogP contribution is 2.28. The number of aryl methyl sites for hydroxylation is 2. The molecule has 8 heteroatoms. The van der Waals surface area contributed by atoms with Gasteiger partial charge in [-0.05, 0) is 31.9 Å².